The summed E-state index contributed by atoms with van der Waals surface area (Å²) < 4.78 is 151. The maximum absolute atomic E-state index is 13.1. The van der Waals surface area contributed by atoms with Crippen molar-refractivity contribution >= 4 is 5.97 Å². The lowest BCUT2D eigenvalue weighted by Crippen LogP contribution is -2.51. The van der Waals surface area contributed by atoms with Crippen molar-refractivity contribution in [1.29, 1.82) is 0 Å². The highest BCUT2D eigenvalue weighted by molar-refractivity contribution is 5.76. The topological polar surface area (TPSA) is 74.0 Å². The molecule has 1 saturated heterocycles. The Bertz CT molecular complexity index is 1360. The van der Waals surface area contributed by atoms with Crippen LogP contribution in [0.2, 0.25) is 0 Å². The third kappa shape index (κ3) is 4.75. The fraction of sp³-hybridized carbons (Fsp3) is 0.708. The van der Waals surface area contributed by atoms with Gasteiger partial charge in [0.2, 0.25) is 0 Å². The van der Waals surface area contributed by atoms with Gasteiger partial charge in [-0.2, -0.15) is 0 Å². The molecule has 0 amide bonds. The van der Waals surface area contributed by atoms with Crippen molar-refractivity contribution in [1.82, 2.24) is 4.90 Å². The van der Waals surface area contributed by atoms with Gasteiger partial charge in [-0.15, -0.1) is 0 Å². The molecular weight excluding hydrogens is 380 g/mol. The average molecular weight is 435 g/mol. The molecule has 5 atom stereocenters. The molecule has 6 nitrogen and oxygen atoms in total. The van der Waals surface area contributed by atoms with E-state index >= 15 is 0 Å². The second-order valence-corrected chi connectivity index (χ2v) is 7.58. The molecule has 1 fully saturated rings. The zero-order valence-corrected chi connectivity index (χ0v) is 17.4. The molecule has 0 spiro atoms. The van der Waals surface area contributed by atoms with E-state index in [4.69, 9.17) is 40.5 Å². The smallest absolute Gasteiger partial charge is 0.323 e. The molecule has 0 aromatic heterocycles. The first kappa shape index (κ1) is 9.78. The van der Waals surface area contributed by atoms with Crippen LogP contribution in [-0.2, 0) is 15.9 Å². The molecule has 2 heterocycles. The Hall–Kier alpha value is -1.79. The number of hydrogen-bond donors (Lipinski definition) is 1. The zero-order chi connectivity index (χ0) is 36.0. The minimum atomic E-state index is -3.31. The number of ether oxygens (including phenoxy) is 3. The normalized spacial score (nSPS) is 41.8. The summed E-state index contributed by atoms with van der Waals surface area (Å²) in [6.45, 7) is -3.58. The SMILES string of the molecule is [2H]c1c(OC)c(OC([2H])([2H])[2H])c([2H])c2c1C1([2H])CC(OC(=O)[C@@H](N)C(C)C)C(C([2H])([2H])C([2H])(C)C([2H])([2H])[2H])CN1C([2H])([2H])C2([2H])[2H]. The van der Waals surface area contributed by atoms with Crippen LogP contribution in [0, 0.1) is 17.7 Å². The average Bonchev–Trinajstić information content (AvgIpc) is 2.87. The van der Waals surface area contributed by atoms with Gasteiger partial charge < -0.3 is 19.9 Å². The largest absolute Gasteiger partial charge is 0.493 e. The maximum atomic E-state index is 13.1. The van der Waals surface area contributed by atoms with Crippen molar-refractivity contribution in [3.63, 3.8) is 0 Å². The number of fused-ring (bicyclic) bond motifs is 3. The highest BCUT2D eigenvalue weighted by atomic mass is 16.5. The Balaban J connectivity index is 2.42. The third-order valence-corrected chi connectivity index (χ3v) is 5.05. The molecule has 0 saturated carbocycles. The first-order chi connectivity index (χ1) is 20.4. The number of methoxy groups -OCH3 is 2. The lowest BCUT2D eigenvalue weighted by molar-refractivity contribution is -0.160. The Morgan fingerprint density at radius 3 is 2.90 bits per heavy atom. The molecule has 0 bridgehead atoms. The minimum absolute atomic E-state index is 0.486. The highest BCUT2D eigenvalue weighted by Gasteiger charge is 2.41. The van der Waals surface area contributed by atoms with Crippen LogP contribution in [0.1, 0.15) is 79.5 Å². The van der Waals surface area contributed by atoms with Gasteiger partial charge in [0.05, 0.1) is 22.4 Å². The van der Waals surface area contributed by atoms with E-state index in [0.717, 1.165) is 14.0 Å². The third-order valence-electron chi connectivity index (χ3n) is 5.05. The Labute approximate surface area is 203 Å². The van der Waals surface area contributed by atoms with Gasteiger partial charge in [-0.05, 0) is 47.8 Å². The number of esters is 1. The lowest BCUT2D eigenvalue weighted by atomic mass is 9.79. The van der Waals surface area contributed by atoms with E-state index in [1.807, 2.05) is 0 Å². The van der Waals surface area contributed by atoms with Gasteiger partial charge in [-0.1, -0.05) is 27.6 Å². The lowest BCUT2D eigenvalue weighted by Gasteiger charge is -2.47. The highest BCUT2D eigenvalue weighted by Crippen LogP contribution is 2.44. The van der Waals surface area contributed by atoms with Crippen LogP contribution in [0.15, 0.2) is 12.1 Å². The van der Waals surface area contributed by atoms with Crippen LogP contribution in [0.25, 0.3) is 0 Å². The summed E-state index contributed by atoms with van der Waals surface area (Å²) in [7, 11) is -2.21. The number of benzene rings is 1. The molecule has 0 aliphatic carbocycles. The number of carbonyl (C=O) groups is 1. The zero-order valence-electron chi connectivity index (χ0n) is 33.4. The number of piperidine rings is 1. The second-order valence-electron chi connectivity index (χ2n) is 7.58. The van der Waals surface area contributed by atoms with Gasteiger partial charge in [0.15, 0.2) is 11.5 Å². The van der Waals surface area contributed by atoms with Crippen LogP contribution < -0.4 is 15.2 Å². The fourth-order valence-corrected chi connectivity index (χ4v) is 3.37. The van der Waals surface area contributed by atoms with Gasteiger partial charge >= 0.3 is 5.97 Å². The molecule has 1 aromatic carbocycles. The number of nitrogens with two attached hydrogens (primary N) is 1. The minimum Gasteiger partial charge on any atom is -0.493 e. The van der Waals surface area contributed by atoms with Gasteiger partial charge in [0.25, 0.3) is 0 Å². The predicted octanol–water partition coefficient (Wildman–Crippen LogP) is 3.56. The van der Waals surface area contributed by atoms with Gasteiger partial charge in [0.1, 0.15) is 12.1 Å². The summed E-state index contributed by atoms with van der Waals surface area (Å²) in [5.74, 6) is -7.88. The van der Waals surface area contributed by atoms with Crippen LogP contribution >= 0.6 is 0 Å². The number of rotatable bonds is 7. The predicted molar refractivity (Wildman–Crippen MR) is 118 cm³/mol. The van der Waals surface area contributed by atoms with Gasteiger partial charge in [-0.25, -0.2) is 0 Å². The first-order valence-corrected chi connectivity index (χ1v) is 9.58. The standard InChI is InChI=1S/C24H38N2O4/c1-14(2)9-17-13-26-8-7-16-10-21(28-5)22(29-6)11-18(16)19(26)12-20(17)30-24(27)23(25)15(3)4/h10-11,14-15,17,19-20,23H,7-9,12-13,25H2,1-6H3/t17?,19?,20?,23-/m0/s1/i1D3,5D3,7D2,8D2,9D2,10D,11D,14D,19D/t14?,17?,19?,20?,23-. The Morgan fingerprint density at radius 2 is 2.23 bits per heavy atom. The van der Waals surface area contributed by atoms with Crippen molar-refractivity contribution in [2.24, 2.45) is 23.5 Å². The first-order valence-electron chi connectivity index (χ1n) is 17.6. The number of nitrogens with zero attached hydrogens (tertiary/aromatic N) is 1. The summed E-state index contributed by atoms with van der Waals surface area (Å²) in [4.78, 5) is 13.7. The van der Waals surface area contributed by atoms with Gasteiger partial charge in [-0.3, -0.25) is 9.69 Å². The molecule has 2 aliphatic heterocycles. The van der Waals surface area contributed by atoms with Crippen LogP contribution in [0.3, 0.4) is 0 Å². The molecule has 4 unspecified atom stereocenters. The van der Waals surface area contributed by atoms with E-state index in [1.54, 1.807) is 13.8 Å². The van der Waals surface area contributed by atoms with Gasteiger partial charge in [0, 0.05) is 45.1 Å². The summed E-state index contributed by atoms with van der Waals surface area (Å²) >= 11 is 0. The molecule has 30 heavy (non-hydrogen) atoms. The van der Waals surface area contributed by atoms with Crippen molar-refractivity contribution in [2.45, 2.75) is 65.0 Å². The molecule has 6 heteroatoms. The van der Waals surface area contributed by atoms with E-state index < -0.39 is 123 Å². The summed E-state index contributed by atoms with van der Waals surface area (Å²) in [6, 6.07) is -5.75. The number of hydrogen-bond acceptors (Lipinski definition) is 6. The molecule has 2 N–H and O–H groups in total. The van der Waals surface area contributed by atoms with Crippen LogP contribution in [0.4, 0.5) is 0 Å². The van der Waals surface area contributed by atoms with Crippen molar-refractivity contribution in [3.05, 3.63) is 23.2 Å². The van der Waals surface area contributed by atoms with Crippen molar-refractivity contribution in [3.8, 4) is 11.5 Å². The van der Waals surface area contributed by atoms with E-state index in [0.29, 0.717) is 4.90 Å². The van der Waals surface area contributed by atoms with Crippen molar-refractivity contribution in [2.75, 3.05) is 27.2 Å². The quantitative estimate of drug-likeness (QED) is 0.662. The van der Waals surface area contributed by atoms with Crippen LogP contribution in [0.5, 0.6) is 11.5 Å². The summed E-state index contributed by atoms with van der Waals surface area (Å²) in [5, 5.41) is 0. The van der Waals surface area contributed by atoms with Crippen molar-refractivity contribution < 1.29 is 40.9 Å². The van der Waals surface area contributed by atoms with E-state index in [9.17, 15) is 6.17 Å². The molecule has 1 aromatic rings. The second kappa shape index (κ2) is 9.56. The van der Waals surface area contributed by atoms with E-state index in [1.165, 1.54) is 0 Å². The summed E-state index contributed by atoms with van der Waals surface area (Å²) in [5.41, 5.74) is 4.39. The molecule has 168 valence electrons. The molecular formula is C24H38N2O4. The maximum Gasteiger partial charge on any atom is 0.323 e. The monoisotopic (exact) mass is 434 g/mol. The molecule has 2 aliphatic rings. The van der Waals surface area contributed by atoms with E-state index in [2.05, 4.69) is 0 Å². The fourth-order valence-electron chi connectivity index (χ4n) is 3.37. The Morgan fingerprint density at radius 1 is 1.47 bits per heavy atom. The molecule has 0 radical (unpaired) electrons. The summed E-state index contributed by atoms with van der Waals surface area (Å²) in [6.07, 6.45) is -9.08. The number of carbonyl (C=O) groups excluding carboxylic acids is 1. The van der Waals surface area contributed by atoms with Crippen LogP contribution in [-0.4, -0.2) is 50.2 Å². The molecule has 3 rings (SSSR count). The Kier molecular flexibility index (Phi) is 3.12. The van der Waals surface area contributed by atoms with E-state index in [-0.39, 0.29) is 0 Å².